The van der Waals surface area contributed by atoms with Gasteiger partial charge in [0.2, 0.25) is 11.7 Å². The molecular formula is C39H39ClF5N9O5S. The first-order valence-corrected chi connectivity index (χ1v) is 21.4. The molecule has 0 unspecified atom stereocenters. The van der Waals surface area contributed by atoms with Crippen LogP contribution in [-0.2, 0) is 16.1 Å². The Kier molecular flexibility index (Phi) is 10.2. The Bertz CT molecular complexity index is 2620. The van der Waals surface area contributed by atoms with Crippen molar-refractivity contribution in [2.45, 2.75) is 56.6 Å². The van der Waals surface area contributed by atoms with Crippen molar-refractivity contribution in [3.05, 3.63) is 105 Å². The van der Waals surface area contributed by atoms with Crippen LogP contribution >= 0.6 is 21.8 Å². The average Bonchev–Trinajstić information content (AvgIpc) is 3.68. The molecule has 8 rings (SSSR count). The van der Waals surface area contributed by atoms with Crippen LogP contribution in [0.3, 0.4) is 0 Å². The van der Waals surface area contributed by atoms with Crippen molar-refractivity contribution in [1.82, 2.24) is 34.0 Å². The molecule has 2 atom stereocenters. The normalized spacial score (nSPS) is 19.6. The summed E-state index contributed by atoms with van der Waals surface area (Å²) < 4.78 is 82.1. The lowest BCUT2D eigenvalue weighted by molar-refractivity contribution is -0.119. The number of rotatable bonds is 9. The van der Waals surface area contributed by atoms with Gasteiger partial charge in [-0.2, -0.15) is 9.50 Å². The Morgan fingerprint density at radius 3 is 2.50 bits per heavy atom. The summed E-state index contributed by atoms with van der Waals surface area (Å²) in [5, 5.41) is 6.35. The number of anilines is 2. The van der Waals surface area contributed by atoms with Gasteiger partial charge in [-0.05, 0) is 49.9 Å². The SMILES string of the molecule is Cc1ncnc(C(=O)N2CCN(c3c4n(c5nc(C6=CCCCOC6)nn5c3=O)[C@H](C(=O)Nc3ccc(S(F)(F)(F)(F)F)cc3Cl)C[C@@H]4C)CC2)c1OCc1ccccc1. The summed E-state index contributed by atoms with van der Waals surface area (Å²) in [5.41, 5.74) is 2.02. The molecule has 21 heteroatoms. The van der Waals surface area contributed by atoms with Gasteiger partial charge < -0.3 is 24.6 Å². The Labute approximate surface area is 344 Å². The lowest BCUT2D eigenvalue weighted by atomic mass is 10.0. The van der Waals surface area contributed by atoms with Crippen LogP contribution in [-0.4, -0.2) is 85.2 Å². The number of nitrogens with zero attached hydrogens (tertiary/aromatic N) is 8. The number of ether oxygens (including phenoxy) is 2. The number of halogens is 6. The van der Waals surface area contributed by atoms with Gasteiger partial charge in [-0.15, -0.1) is 5.10 Å². The summed E-state index contributed by atoms with van der Waals surface area (Å²) in [6, 6.07) is 9.29. The van der Waals surface area contributed by atoms with Crippen LogP contribution in [0.15, 0.2) is 70.6 Å². The van der Waals surface area contributed by atoms with Gasteiger partial charge in [-0.25, -0.2) is 9.97 Å². The number of nitrogens with one attached hydrogen (secondary N) is 1. The first kappa shape index (κ1) is 41.1. The Hall–Kier alpha value is -5.60. The largest absolute Gasteiger partial charge is 0.485 e. The molecule has 2 amide bonds. The number of aromatic nitrogens is 6. The molecule has 1 saturated heterocycles. The van der Waals surface area contributed by atoms with Crippen LogP contribution in [0.1, 0.15) is 71.4 Å². The van der Waals surface area contributed by atoms with E-state index in [0.717, 1.165) is 16.5 Å². The van der Waals surface area contributed by atoms with Crippen LogP contribution in [0.4, 0.5) is 30.8 Å². The molecular weight excluding hydrogens is 837 g/mol. The molecule has 318 valence electrons. The molecule has 60 heavy (non-hydrogen) atoms. The van der Waals surface area contributed by atoms with Crippen LogP contribution in [0.2, 0.25) is 5.02 Å². The highest BCUT2D eigenvalue weighted by atomic mass is 35.5. The predicted octanol–water partition coefficient (Wildman–Crippen LogP) is 7.72. The van der Waals surface area contributed by atoms with Gasteiger partial charge >= 0.3 is 10.2 Å². The number of carbonyl (C=O) groups is 2. The van der Waals surface area contributed by atoms with Crippen molar-refractivity contribution in [3.63, 3.8) is 0 Å². The zero-order valence-electron chi connectivity index (χ0n) is 32.3. The number of carbonyl (C=O) groups excluding carboxylic acids is 2. The molecule has 3 aromatic heterocycles. The third-order valence-electron chi connectivity index (χ3n) is 10.7. The summed E-state index contributed by atoms with van der Waals surface area (Å²) in [7, 11) is -10.1. The average molecular weight is 876 g/mol. The molecule has 6 heterocycles. The predicted molar refractivity (Wildman–Crippen MR) is 214 cm³/mol. The molecule has 0 aliphatic carbocycles. The number of benzene rings is 2. The molecule has 14 nitrogen and oxygen atoms in total. The van der Waals surface area contributed by atoms with E-state index in [1.165, 1.54) is 6.33 Å². The summed E-state index contributed by atoms with van der Waals surface area (Å²) >= 11 is 6.04. The van der Waals surface area contributed by atoms with Crippen molar-refractivity contribution in [3.8, 4) is 5.75 Å². The zero-order valence-corrected chi connectivity index (χ0v) is 33.9. The molecule has 0 spiro atoms. The topological polar surface area (TPSA) is 149 Å². The van der Waals surface area contributed by atoms with Gasteiger partial charge in [0.15, 0.2) is 17.3 Å². The molecule has 3 aliphatic rings. The van der Waals surface area contributed by atoms with E-state index < -0.39 is 43.6 Å². The summed E-state index contributed by atoms with van der Waals surface area (Å²) in [5.74, 6) is -1.02. The Morgan fingerprint density at radius 2 is 1.78 bits per heavy atom. The standard InChI is InChI=1S/C39H39ClF5N9O5S/c1-23-18-30(36(55)48-29-12-11-27(19-28(29)40)60(41,42,43,44)45)53-32(23)33(38(57)54-39(53)49-35(50-54)26-10-6-7-17-58-21-26)51-13-15-52(16-14-51)37(56)31-34(24(2)46-22-47-31)59-20-25-8-4-3-5-9-25/h3-5,8-12,19,22-23,30H,6-7,13-18,20-21H2,1-2H3,(H,48,55)/t23-,30-/m0/s1. The second kappa shape index (κ2) is 14.8. The number of fused-ring (bicyclic) bond motifs is 3. The highest BCUT2D eigenvalue weighted by Crippen LogP contribution is 3.02. The van der Waals surface area contributed by atoms with Crippen LogP contribution in [0.5, 0.6) is 5.75 Å². The monoisotopic (exact) mass is 875 g/mol. The van der Waals surface area contributed by atoms with Crippen LogP contribution in [0, 0.1) is 6.92 Å². The van der Waals surface area contributed by atoms with Crippen LogP contribution < -0.4 is 20.5 Å². The summed E-state index contributed by atoms with van der Waals surface area (Å²) in [4.78, 5) is 57.1. The maximum atomic E-state index is 14.6. The van der Waals surface area contributed by atoms with Gasteiger partial charge in [-0.3, -0.25) is 19.0 Å². The fourth-order valence-electron chi connectivity index (χ4n) is 7.73. The van der Waals surface area contributed by atoms with E-state index in [0.29, 0.717) is 36.1 Å². The molecule has 0 saturated carbocycles. The van der Waals surface area contributed by atoms with E-state index in [-0.39, 0.29) is 98.3 Å². The van der Waals surface area contributed by atoms with E-state index in [1.54, 1.807) is 16.4 Å². The molecule has 2 aromatic carbocycles. The molecule has 5 aromatic rings. The van der Waals surface area contributed by atoms with E-state index in [1.807, 2.05) is 48.2 Å². The first-order valence-electron chi connectivity index (χ1n) is 19.1. The molecule has 0 radical (unpaired) electrons. The lowest BCUT2D eigenvalue weighted by Crippen LogP contribution is -2.51. The third kappa shape index (κ3) is 8.02. The summed E-state index contributed by atoms with van der Waals surface area (Å²) in [6.45, 7) is 5.26. The molecule has 1 fully saturated rings. The van der Waals surface area contributed by atoms with E-state index >= 15 is 0 Å². The van der Waals surface area contributed by atoms with Crippen molar-refractivity contribution >= 4 is 56.4 Å². The third-order valence-corrected chi connectivity index (χ3v) is 12.2. The highest BCUT2D eigenvalue weighted by Gasteiger charge is 2.65. The molecule has 1 N–H and O–H groups in total. The minimum absolute atomic E-state index is 0.0433. The maximum Gasteiger partial charge on any atom is 0.310 e. The van der Waals surface area contributed by atoms with Crippen molar-refractivity contribution < 1.29 is 38.5 Å². The lowest BCUT2D eigenvalue weighted by Gasteiger charge is -2.40. The quantitative estimate of drug-likeness (QED) is 0.146. The minimum Gasteiger partial charge on any atom is -0.485 e. The maximum absolute atomic E-state index is 14.6. The number of aryl methyl sites for hydroxylation is 1. The van der Waals surface area contributed by atoms with E-state index in [2.05, 4.69) is 20.4 Å². The minimum atomic E-state index is -10.1. The van der Waals surface area contributed by atoms with Crippen molar-refractivity contribution in [1.29, 1.82) is 0 Å². The Balaban J connectivity index is 1.11. The van der Waals surface area contributed by atoms with Gasteiger partial charge in [-0.1, -0.05) is 74.4 Å². The Morgan fingerprint density at radius 1 is 1.03 bits per heavy atom. The first-order chi connectivity index (χ1) is 28.4. The highest BCUT2D eigenvalue weighted by molar-refractivity contribution is 8.45. The smallest absolute Gasteiger partial charge is 0.310 e. The number of piperazine rings is 1. The van der Waals surface area contributed by atoms with E-state index in [9.17, 15) is 33.8 Å². The fraction of sp³-hybridized carbons (Fsp3) is 0.359. The van der Waals surface area contributed by atoms with Crippen molar-refractivity contribution in [2.24, 2.45) is 0 Å². The van der Waals surface area contributed by atoms with Gasteiger partial charge in [0, 0.05) is 44.3 Å². The molecule has 3 aliphatic heterocycles. The number of allylic oxidation sites excluding steroid dienone is 1. The van der Waals surface area contributed by atoms with Crippen LogP contribution in [0.25, 0.3) is 11.4 Å². The number of hydrogen-bond donors (Lipinski definition) is 1. The van der Waals surface area contributed by atoms with Gasteiger partial charge in [0.05, 0.1) is 28.7 Å². The van der Waals surface area contributed by atoms with Gasteiger partial charge in [0.25, 0.3) is 11.5 Å². The second-order valence-corrected chi connectivity index (χ2v) is 17.7. The zero-order chi connectivity index (χ0) is 42.6. The van der Waals surface area contributed by atoms with Crippen molar-refractivity contribution in [2.75, 3.05) is 49.6 Å². The molecule has 0 bridgehead atoms. The van der Waals surface area contributed by atoms with E-state index in [4.69, 9.17) is 26.1 Å². The fourth-order valence-corrected chi connectivity index (χ4v) is 8.68. The summed E-state index contributed by atoms with van der Waals surface area (Å²) in [6.07, 6.45) is 4.82. The second-order valence-electron chi connectivity index (χ2n) is 14.9. The number of amides is 2. The van der Waals surface area contributed by atoms with Gasteiger partial charge in [0.1, 0.15) is 29.6 Å². The number of hydrogen-bond acceptors (Lipinski definition) is 10.